The summed E-state index contributed by atoms with van der Waals surface area (Å²) in [6.07, 6.45) is 1.09. The first-order valence-corrected chi connectivity index (χ1v) is 6.68. The standard InChI is InChI=1S/C16H21NO2/c1-4-11-17-16(15-10-5-12(2)19-15)13-6-8-14(18-3)9-7-13/h5-10,16-17H,4,11H2,1-3H3. The molecule has 0 saturated heterocycles. The van der Waals surface area contributed by atoms with Crippen molar-refractivity contribution in [2.45, 2.75) is 26.3 Å². The molecule has 1 aromatic carbocycles. The van der Waals surface area contributed by atoms with Gasteiger partial charge in [-0.1, -0.05) is 19.1 Å². The molecule has 0 aliphatic carbocycles. The third-order valence-corrected chi connectivity index (χ3v) is 3.09. The summed E-state index contributed by atoms with van der Waals surface area (Å²) in [7, 11) is 1.68. The highest BCUT2D eigenvalue weighted by Gasteiger charge is 2.16. The summed E-state index contributed by atoms with van der Waals surface area (Å²) in [5.41, 5.74) is 1.18. The van der Waals surface area contributed by atoms with Crippen LogP contribution in [0.25, 0.3) is 0 Å². The van der Waals surface area contributed by atoms with Crippen molar-refractivity contribution in [3.05, 3.63) is 53.5 Å². The molecule has 0 spiro atoms. The van der Waals surface area contributed by atoms with Gasteiger partial charge in [0.05, 0.1) is 13.2 Å². The van der Waals surface area contributed by atoms with Gasteiger partial charge in [0.25, 0.3) is 0 Å². The van der Waals surface area contributed by atoms with Crippen molar-refractivity contribution in [2.24, 2.45) is 0 Å². The van der Waals surface area contributed by atoms with E-state index in [1.165, 1.54) is 5.56 Å². The van der Waals surface area contributed by atoms with Crippen molar-refractivity contribution in [2.75, 3.05) is 13.7 Å². The lowest BCUT2D eigenvalue weighted by Gasteiger charge is -2.17. The van der Waals surface area contributed by atoms with Crippen molar-refractivity contribution >= 4 is 0 Å². The molecular formula is C16H21NO2. The van der Waals surface area contributed by atoms with Crippen LogP contribution in [0.5, 0.6) is 5.75 Å². The summed E-state index contributed by atoms with van der Waals surface area (Å²) >= 11 is 0. The largest absolute Gasteiger partial charge is 0.497 e. The monoisotopic (exact) mass is 259 g/mol. The molecule has 1 aromatic heterocycles. The Hall–Kier alpha value is -1.74. The number of hydrogen-bond acceptors (Lipinski definition) is 3. The van der Waals surface area contributed by atoms with Crippen LogP contribution in [0.2, 0.25) is 0 Å². The van der Waals surface area contributed by atoms with Gasteiger partial charge in [0.15, 0.2) is 0 Å². The lowest BCUT2D eigenvalue weighted by molar-refractivity contribution is 0.413. The Labute approximate surface area is 114 Å². The van der Waals surface area contributed by atoms with E-state index in [1.54, 1.807) is 7.11 Å². The van der Waals surface area contributed by atoms with Crippen LogP contribution in [-0.2, 0) is 0 Å². The highest BCUT2D eigenvalue weighted by Crippen LogP contribution is 2.25. The van der Waals surface area contributed by atoms with Gasteiger partial charge in [0, 0.05) is 0 Å². The predicted octanol–water partition coefficient (Wildman–Crippen LogP) is 3.69. The molecule has 0 fully saturated rings. The first kappa shape index (κ1) is 13.7. The van der Waals surface area contributed by atoms with Crippen molar-refractivity contribution in [1.82, 2.24) is 5.32 Å². The smallest absolute Gasteiger partial charge is 0.125 e. The lowest BCUT2D eigenvalue weighted by Crippen LogP contribution is -2.22. The topological polar surface area (TPSA) is 34.4 Å². The maximum atomic E-state index is 5.76. The highest BCUT2D eigenvalue weighted by atomic mass is 16.5. The van der Waals surface area contributed by atoms with Gasteiger partial charge in [-0.25, -0.2) is 0 Å². The summed E-state index contributed by atoms with van der Waals surface area (Å²) in [4.78, 5) is 0. The van der Waals surface area contributed by atoms with Gasteiger partial charge in [-0.05, 0) is 49.7 Å². The van der Waals surface area contributed by atoms with E-state index in [1.807, 2.05) is 31.2 Å². The molecule has 3 heteroatoms. The highest BCUT2D eigenvalue weighted by molar-refractivity contribution is 5.33. The van der Waals surface area contributed by atoms with Crippen molar-refractivity contribution in [3.63, 3.8) is 0 Å². The molecule has 2 aromatic rings. The van der Waals surface area contributed by atoms with Crippen LogP contribution >= 0.6 is 0 Å². The van der Waals surface area contributed by atoms with E-state index in [-0.39, 0.29) is 6.04 Å². The van der Waals surface area contributed by atoms with Gasteiger partial charge < -0.3 is 14.5 Å². The van der Waals surface area contributed by atoms with E-state index in [9.17, 15) is 0 Å². The van der Waals surface area contributed by atoms with E-state index >= 15 is 0 Å². The Bertz CT molecular complexity index is 502. The first-order chi connectivity index (χ1) is 9.24. The van der Waals surface area contributed by atoms with E-state index in [4.69, 9.17) is 9.15 Å². The van der Waals surface area contributed by atoms with E-state index in [2.05, 4.69) is 24.4 Å². The van der Waals surface area contributed by atoms with Crippen molar-refractivity contribution in [1.29, 1.82) is 0 Å². The van der Waals surface area contributed by atoms with Gasteiger partial charge >= 0.3 is 0 Å². The molecule has 3 nitrogen and oxygen atoms in total. The molecule has 1 atom stereocenters. The van der Waals surface area contributed by atoms with Crippen LogP contribution < -0.4 is 10.1 Å². The molecular weight excluding hydrogens is 238 g/mol. The molecule has 0 bridgehead atoms. The molecule has 102 valence electrons. The van der Waals surface area contributed by atoms with Crippen molar-refractivity contribution < 1.29 is 9.15 Å². The average Bonchev–Trinajstić information content (AvgIpc) is 2.86. The molecule has 1 N–H and O–H groups in total. The lowest BCUT2D eigenvalue weighted by atomic mass is 10.0. The maximum absolute atomic E-state index is 5.76. The first-order valence-electron chi connectivity index (χ1n) is 6.68. The molecule has 19 heavy (non-hydrogen) atoms. The SMILES string of the molecule is CCCNC(c1ccc(OC)cc1)c1ccc(C)o1. The average molecular weight is 259 g/mol. The number of benzene rings is 1. The van der Waals surface area contributed by atoms with Crippen LogP contribution in [0.3, 0.4) is 0 Å². The second-order valence-electron chi connectivity index (χ2n) is 4.61. The third kappa shape index (κ3) is 3.38. The Morgan fingerprint density at radius 2 is 1.89 bits per heavy atom. The van der Waals surface area contributed by atoms with Crippen LogP contribution in [0.4, 0.5) is 0 Å². The number of nitrogens with one attached hydrogen (secondary N) is 1. The Morgan fingerprint density at radius 1 is 1.16 bits per heavy atom. The molecule has 0 radical (unpaired) electrons. The summed E-state index contributed by atoms with van der Waals surface area (Å²) in [6.45, 7) is 5.08. The number of ether oxygens (including phenoxy) is 1. The third-order valence-electron chi connectivity index (χ3n) is 3.09. The van der Waals surface area contributed by atoms with Gasteiger partial charge in [-0.15, -0.1) is 0 Å². The van der Waals surface area contributed by atoms with Gasteiger partial charge in [0.2, 0.25) is 0 Å². The molecule has 2 rings (SSSR count). The zero-order valence-corrected chi connectivity index (χ0v) is 11.8. The molecule has 0 aliphatic heterocycles. The number of hydrogen-bond donors (Lipinski definition) is 1. The van der Waals surface area contributed by atoms with E-state index < -0.39 is 0 Å². The molecule has 1 unspecified atom stereocenters. The van der Waals surface area contributed by atoms with Gasteiger partial charge in [-0.2, -0.15) is 0 Å². The summed E-state index contributed by atoms with van der Waals surface area (Å²) in [5.74, 6) is 2.76. The Kier molecular flexibility index (Phi) is 4.63. The fourth-order valence-corrected chi connectivity index (χ4v) is 2.08. The van der Waals surface area contributed by atoms with Gasteiger partial charge in [-0.3, -0.25) is 0 Å². The van der Waals surface area contributed by atoms with Crippen LogP contribution in [-0.4, -0.2) is 13.7 Å². The molecule has 0 aliphatic rings. The van der Waals surface area contributed by atoms with Crippen LogP contribution in [0.15, 0.2) is 40.8 Å². The van der Waals surface area contributed by atoms with Gasteiger partial charge in [0.1, 0.15) is 17.3 Å². The maximum Gasteiger partial charge on any atom is 0.125 e. The summed E-state index contributed by atoms with van der Waals surface area (Å²) < 4.78 is 11.0. The van der Waals surface area contributed by atoms with E-state index in [0.717, 1.165) is 30.2 Å². The van der Waals surface area contributed by atoms with Crippen LogP contribution in [0, 0.1) is 6.92 Å². The Morgan fingerprint density at radius 3 is 2.42 bits per heavy atom. The zero-order chi connectivity index (χ0) is 13.7. The quantitative estimate of drug-likeness (QED) is 0.859. The number of methoxy groups -OCH3 is 1. The van der Waals surface area contributed by atoms with Crippen molar-refractivity contribution in [3.8, 4) is 5.75 Å². The van der Waals surface area contributed by atoms with Crippen LogP contribution in [0.1, 0.15) is 36.5 Å². The minimum Gasteiger partial charge on any atom is -0.497 e. The number of aryl methyl sites for hydroxylation is 1. The second kappa shape index (κ2) is 6.43. The number of rotatable bonds is 6. The zero-order valence-electron chi connectivity index (χ0n) is 11.8. The normalized spacial score (nSPS) is 12.4. The molecule has 0 saturated carbocycles. The summed E-state index contributed by atoms with van der Waals surface area (Å²) in [6, 6.07) is 12.2. The number of furan rings is 1. The fourth-order valence-electron chi connectivity index (χ4n) is 2.08. The molecule has 1 heterocycles. The second-order valence-corrected chi connectivity index (χ2v) is 4.61. The minimum absolute atomic E-state index is 0.0968. The Balaban J connectivity index is 2.25. The van der Waals surface area contributed by atoms with E-state index in [0.29, 0.717) is 0 Å². The minimum atomic E-state index is 0.0968. The fraction of sp³-hybridized carbons (Fsp3) is 0.375. The predicted molar refractivity (Wildman–Crippen MR) is 76.6 cm³/mol. The molecule has 0 amide bonds. The summed E-state index contributed by atoms with van der Waals surface area (Å²) in [5, 5.41) is 3.52.